The molecule has 30 heavy (non-hydrogen) atoms. The maximum Gasteiger partial charge on any atom is 0.141 e. The van der Waals surface area contributed by atoms with E-state index in [4.69, 9.17) is 4.74 Å². The second-order valence-corrected chi connectivity index (χ2v) is 7.06. The number of fused-ring (bicyclic) bond motifs is 1. The normalized spacial score (nSPS) is 15.2. The lowest BCUT2D eigenvalue weighted by atomic mass is 10.0. The Labute approximate surface area is 173 Å². The standard InChI is InChI=1S/C21H20N8O/c22-5-3-18(16-2-1-6-24-21(16)28-8-10-30-11-9-28)29-13-15(12-27-29)19-17-4-7-23-20(17)26-14-25-19/h1-2,4,6-7,12-14,18H,3,8-11H2,(H,23,25,26)/t18-/m0/s1. The molecule has 4 aromatic heterocycles. The Bertz CT molecular complexity index is 1200. The summed E-state index contributed by atoms with van der Waals surface area (Å²) in [4.78, 5) is 18.6. The van der Waals surface area contributed by atoms with Crippen molar-refractivity contribution in [3.63, 3.8) is 0 Å². The zero-order chi connectivity index (χ0) is 20.3. The van der Waals surface area contributed by atoms with Crippen molar-refractivity contribution in [2.45, 2.75) is 12.5 Å². The van der Waals surface area contributed by atoms with Crippen LogP contribution < -0.4 is 4.90 Å². The minimum Gasteiger partial charge on any atom is -0.378 e. The third-order valence-electron chi connectivity index (χ3n) is 5.32. The number of nitrogens with one attached hydrogen (secondary N) is 1. The number of rotatable bonds is 5. The molecule has 9 nitrogen and oxygen atoms in total. The molecule has 5 rings (SSSR count). The number of nitriles is 1. The number of pyridine rings is 1. The Kier molecular flexibility index (Phi) is 4.83. The van der Waals surface area contributed by atoms with Crippen LogP contribution in [0.5, 0.6) is 0 Å². The van der Waals surface area contributed by atoms with Crippen molar-refractivity contribution in [2.75, 3.05) is 31.2 Å². The number of aromatic amines is 1. The average molecular weight is 400 g/mol. The van der Waals surface area contributed by atoms with Gasteiger partial charge in [0.2, 0.25) is 0 Å². The van der Waals surface area contributed by atoms with Gasteiger partial charge in [-0.3, -0.25) is 4.68 Å². The van der Waals surface area contributed by atoms with Crippen molar-refractivity contribution in [1.29, 1.82) is 5.26 Å². The molecular formula is C21H20N8O. The van der Waals surface area contributed by atoms with E-state index >= 15 is 0 Å². The molecule has 4 aromatic rings. The summed E-state index contributed by atoms with van der Waals surface area (Å²) in [6, 6.07) is 7.94. The molecule has 150 valence electrons. The van der Waals surface area contributed by atoms with Crippen LogP contribution in [-0.2, 0) is 4.74 Å². The fourth-order valence-electron chi connectivity index (χ4n) is 3.87. The van der Waals surface area contributed by atoms with E-state index in [-0.39, 0.29) is 12.5 Å². The minimum absolute atomic E-state index is 0.251. The van der Waals surface area contributed by atoms with Crippen LogP contribution in [0, 0.1) is 11.3 Å². The first kappa shape index (κ1) is 18.3. The van der Waals surface area contributed by atoms with E-state index in [1.807, 2.05) is 35.3 Å². The summed E-state index contributed by atoms with van der Waals surface area (Å²) in [6.07, 6.45) is 9.17. The van der Waals surface area contributed by atoms with Crippen LogP contribution in [0.4, 0.5) is 5.82 Å². The molecule has 0 amide bonds. The first-order chi connectivity index (χ1) is 14.8. The summed E-state index contributed by atoms with van der Waals surface area (Å²) in [5, 5.41) is 15.1. The van der Waals surface area contributed by atoms with E-state index in [2.05, 4.69) is 36.0 Å². The summed E-state index contributed by atoms with van der Waals surface area (Å²) < 4.78 is 7.31. The van der Waals surface area contributed by atoms with Crippen LogP contribution >= 0.6 is 0 Å². The Balaban J connectivity index is 1.54. The quantitative estimate of drug-likeness (QED) is 0.548. The SMILES string of the molecule is N#CC[C@@H](c1cccnc1N1CCOCC1)n1cc(-c2ncnc3[nH]ccc23)cn1. The monoisotopic (exact) mass is 400 g/mol. The molecule has 0 spiro atoms. The molecule has 0 aliphatic carbocycles. The molecule has 0 unspecified atom stereocenters. The largest absolute Gasteiger partial charge is 0.378 e. The molecule has 5 heterocycles. The highest BCUT2D eigenvalue weighted by Crippen LogP contribution is 2.31. The molecule has 9 heteroatoms. The van der Waals surface area contributed by atoms with Gasteiger partial charge in [-0.1, -0.05) is 6.07 Å². The van der Waals surface area contributed by atoms with E-state index < -0.39 is 0 Å². The Morgan fingerprint density at radius 1 is 1.20 bits per heavy atom. The molecule has 0 saturated carbocycles. The van der Waals surface area contributed by atoms with Crippen LogP contribution in [0.3, 0.4) is 0 Å². The Morgan fingerprint density at radius 3 is 2.97 bits per heavy atom. The summed E-state index contributed by atoms with van der Waals surface area (Å²) in [7, 11) is 0. The van der Waals surface area contributed by atoms with Gasteiger partial charge in [-0.15, -0.1) is 0 Å². The summed E-state index contributed by atoms with van der Waals surface area (Å²) >= 11 is 0. The molecular weight excluding hydrogens is 380 g/mol. The van der Waals surface area contributed by atoms with E-state index in [1.165, 1.54) is 6.33 Å². The lowest BCUT2D eigenvalue weighted by molar-refractivity contribution is 0.122. The van der Waals surface area contributed by atoms with Crippen molar-refractivity contribution in [3.8, 4) is 17.3 Å². The second-order valence-electron chi connectivity index (χ2n) is 7.06. The van der Waals surface area contributed by atoms with Gasteiger partial charge in [-0.2, -0.15) is 10.4 Å². The zero-order valence-corrected chi connectivity index (χ0v) is 16.3. The number of hydrogen-bond donors (Lipinski definition) is 1. The fourth-order valence-corrected chi connectivity index (χ4v) is 3.87. The number of morpholine rings is 1. The Hall–Kier alpha value is -3.77. The van der Waals surface area contributed by atoms with Gasteiger partial charge in [-0.25, -0.2) is 15.0 Å². The number of ether oxygens (including phenoxy) is 1. The van der Waals surface area contributed by atoms with Crippen molar-refractivity contribution < 1.29 is 4.74 Å². The minimum atomic E-state index is -0.251. The van der Waals surface area contributed by atoms with E-state index in [0.29, 0.717) is 13.2 Å². The number of aromatic nitrogens is 6. The van der Waals surface area contributed by atoms with Gasteiger partial charge in [0.25, 0.3) is 0 Å². The van der Waals surface area contributed by atoms with Gasteiger partial charge >= 0.3 is 0 Å². The molecule has 0 aromatic carbocycles. The van der Waals surface area contributed by atoms with Crippen molar-refractivity contribution in [2.24, 2.45) is 0 Å². The average Bonchev–Trinajstić information content (AvgIpc) is 3.48. The molecule has 0 bridgehead atoms. The molecule has 1 fully saturated rings. The van der Waals surface area contributed by atoms with Crippen molar-refractivity contribution in [3.05, 3.63) is 54.9 Å². The van der Waals surface area contributed by atoms with Crippen LogP contribution in [-0.4, -0.2) is 56.0 Å². The maximum absolute atomic E-state index is 9.53. The van der Waals surface area contributed by atoms with Crippen molar-refractivity contribution in [1.82, 2.24) is 29.7 Å². The van der Waals surface area contributed by atoms with Crippen LogP contribution in [0.15, 0.2) is 49.3 Å². The van der Waals surface area contributed by atoms with Gasteiger partial charge in [-0.05, 0) is 12.1 Å². The van der Waals surface area contributed by atoms with Gasteiger partial charge in [0.15, 0.2) is 0 Å². The molecule has 0 radical (unpaired) electrons. The summed E-state index contributed by atoms with van der Waals surface area (Å²) in [6.45, 7) is 2.90. The van der Waals surface area contributed by atoms with Gasteiger partial charge in [0.05, 0.1) is 43.6 Å². The maximum atomic E-state index is 9.53. The summed E-state index contributed by atoms with van der Waals surface area (Å²) in [5.74, 6) is 0.883. The predicted molar refractivity (Wildman–Crippen MR) is 111 cm³/mol. The molecule has 1 aliphatic heterocycles. The van der Waals surface area contributed by atoms with Gasteiger partial charge in [0, 0.05) is 48.2 Å². The number of nitrogens with zero attached hydrogens (tertiary/aromatic N) is 7. The molecule has 1 saturated heterocycles. The molecule has 1 atom stereocenters. The van der Waals surface area contributed by atoms with Gasteiger partial charge < -0.3 is 14.6 Å². The number of H-pyrrole nitrogens is 1. The van der Waals surface area contributed by atoms with E-state index in [0.717, 1.165) is 46.8 Å². The topological polar surface area (TPSA) is 109 Å². The predicted octanol–water partition coefficient (Wildman–Crippen LogP) is 2.56. The molecule has 1 aliphatic rings. The number of hydrogen-bond acceptors (Lipinski definition) is 7. The lowest BCUT2D eigenvalue weighted by Gasteiger charge is -2.31. The molecule has 1 N–H and O–H groups in total. The van der Waals surface area contributed by atoms with Crippen LogP contribution in [0.1, 0.15) is 18.0 Å². The fraction of sp³-hybridized carbons (Fsp3) is 0.286. The zero-order valence-electron chi connectivity index (χ0n) is 16.3. The highest BCUT2D eigenvalue weighted by Gasteiger charge is 2.24. The van der Waals surface area contributed by atoms with E-state index in [9.17, 15) is 5.26 Å². The lowest BCUT2D eigenvalue weighted by Crippen LogP contribution is -2.37. The van der Waals surface area contributed by atoms with Crippen LogP contribution in [0.25, 0.3) is 22.3 Å². The highest BCUT2D eigenvalue weighted by atomic mass is 16.5. The second kappa shape index (κ2) is 7.93. The first-order valence-corrected chi connectivity index (χ1v) is 9.82. The smallest absolute Gasteiger partial charge is 0.141 e. The summed E-state index contributed by atoms with van der Waals surface area (Å²) in [5.41, 5.74) is 3.44. The Morgan fingerprint density at radius 2 is 2.10 bits per heavy atom. The van der Waals surface area contributed by atoms with E-state index in [1.54, 1.807) is 12.4 Å². The first-order valence-electron chi connectivity index (χ1n) is 9.82. The van der Waals surface area contributed by atoms with Crippen LogP contribution in [0.2, 0.25) is 0 Å². The van der Waals surface area contributed by atoms with Gasteiger partial charge in [0.1, 0.15) is 17.8 Å². The van der Waals surface area contributed by atoms with Crippen molar-refractivity contribution >= 4 is 16.9 Å². The third kappa shape index (κ3) is 3.27. The third-order valence-corrected chi connectivity index (χ3v) is 5.32. The number of anilines is 1. The highest BCUT2D eigenvalue weighted by molar-refractivity contribution is 5.90.